The van der Waals surface area contributed by atoms with Gasteiger partial charge in [-0.25, -0.2) is 0 Å². The Labute approximate surface area is 76.2 Å². The zero-order valence-corrected chi connectivity index (χ0v) is 8.40. The van der Waals surface area contributed by atoms with Gasteiger partial charge in [-0.1, -0.05) is 25.3 Å². The maximum Gasteiger partial charge on any atom is 0.0213 e. The fourth-order valence-corrected chi connectivity index (χ4v) is 1.18. The molecule has 0 saturated carbocycles. The van der Waals surface area contributed by atoms with E-state index in [0.29, 0.717) is 6.04 Å². The van der Waals surface area contributed by atoms with Crippen LogP contribution in [0.25, 0.3) is 0 Å². The Kier molecular flexibility index (Phi) is 7.11. The Morgan fingerprint density at radius 2 is 2.17 bits per heavy atom. The molecular weight excluding hydrogens is 148 g/mol. The molecule has 0 aromatic rings. The van der Waals surface area contributed by atoms with Gasteiger partial charge in [-0.15, -0.1) is 6.58 Å². The van der Waals surface area contributed by atoms with Crippen LogP contribution in [0.4, 0.5) is 0 Å². The molecular formula is C10H22N2. The van der Waals surface area contributed by atoms with Crippen molar-refractivity contribution in [2.75, 3.05) is 0 Å². The summed E-state index contributed by atoms with van der Waals surface area (Å²) in [6.45, 7) is 8.14. The molecule has 3 N–H and O–H groups in total. The van der Waals surface area contributed by atoms with Crippen LogP contribution in [0.3, 0.4) is 0 Å². The van der Waals surface area contributed by atoms with Crippen molar-refractivity contribution in [3.63, 3.8) is 0 Å². The first-order valence-electron chi connectivity index (χ1n) is 4.81. The molecule has 0 saturated heterocycles. The fourth-order valence-electron chi connectivity index (χ4n) is 1.18. The predicted molar refractivity (Wildman–Crippen MR) is 54.7 cm³/mol. The number of nitrogens with two attached hydrogens (primary N) is 1. The smallest absolute Gasteiger partial charge is 0.0213 e. The minimum atomic E-state index is 0.474. The number of rotatable bonds is 7. The third-order valence-corrected chi connectivity index (χ3v) is 2.06. The molecule has 0 spiro atoms. The third-order valence-electron chi connectivity index (χ3n) is 2.06. The first-order valence-corrected chi connectivity index (χ1v) is 4.81. The van der Waals surface area contributed by atoms with Gasteiger partial charge in [-0.2, -0.15) is 0 Å². The van der Waals surface area contributed by atoms with Gasteiger partial charge in [0.2, 0.25) is 0 Å². The van der Waals surface area contributed by atoms with Crippen LogP contribution >= 0.6 is 0 Å². The molecule has 1 atom stereocenters. The second kappa shape index (κ2) is 7.32. The van der Waals surface area contributed by atoms with Crippen LogP contribution in [0.1, 0.15) is 46.0 Å². The van der Waals surface area contributed by atoms with Crippen LogP contribution in [0.15, 0.2) is 12.2 Å². The van der Waals surface area contributed by atoms with E-state index >= 15 is 0 Å². The van der Waals surface area contributed by atoms with Crippen molar-refractivity contribution in [1.82, 2.24) is 5.43 Å². The van der Waals surface area contributed by atoms with Gasteiger partial charge in [0, 0.05) is 6.04 Å². The Morgan fingerprint density at radius 3 is 2.58 bits per heavy atom. The van der Waals surface area contributed by atoms with Gasteiger partial charge in [-0.05, 0) is 26.2 Å². The highest BCUT2D eigenvalue weighted by Gasteiger charge is 2.04. The van der Waals surface area contributed by atoms with E-state index in [-0.39, 0.29) is 0 Å². The lowest BCUT2D eigenvalue weighted by atomic mass is 10.0. The maximum atomic E-state index is 5.42. The Balaban J connectivity index is 3.45. The van der Waals surface area contributed by atoms with E-state index in [4.69, 9.17) is 5.84 Å². The van der Waals surface area contributed by atoms with Crippen LogP contribution in [0.2, 0.25) is 0 Å². The average Bonchev–Trinajstić information content (AvgIpc) is 2.05. The van der Waals surface area contributed by atoms with Gasteiger partial charge in [0.15, 0.2) is 0 Å². The highest BCUT2D eigenvalue weighted by molar-refractivity contribution is 4.88. The number of hydrogen-bond donors (Lipinski definition) is 2. The number of nitrogens with one attached hydrogen (secondary N) is 1. The number of allylic oxidation sites excluding steroid dienone is 1. The van der Waals surface area contributed by atoms with Crippen LogP contribution < -0.4 is 11.3 Å². The molecule has 0 rings (SSSR count). The molecule has 2 nitrogen and oxygen atoms in total. The van der Waals surface area contributed by atoms with Crippen molar-refractivity contribution in [1.29, 1.82) is 0 Å². The minimum absolute atomic E-state index is 0.474. The molecule has 0 fully saturated rings. The molecule has 0 amide bonds. The molecule has 0 aliphatic rings. The van der Waals surface area contributed by atoms with Gasteiger partial charge in [0.05, 0.1) is 0 Å². The van der Waals surface area contributed by atoms with Gasteiger partial charge in [0.1, 0.15) is 0 Å². The van der Waals surface area contributed by atoms with Crippen LogP contribution in [0.5, 0.6) is 0 Å². The maximum absolute atomic E-state index is 5.42. The van der Waals surface area contributed by atoms with Crippen molar-refractivity contribution in [2.24, 2.45) is 5.84 Å². The lowest BCUT2D eigenvalue weighted by Gasteiger charge is -2.14. The van der Waals surface area contributed by atoms with E-state index in [1.165, 1.54) is 24.8 Å². The van der Waals surface area contributed by atoms with Crippen LogP contribution in [-0.2, 0) is 0 Å². The number of hydrogen-bond acceptors (Lipinski definition) is 2. The molecule has 0 radical (unpaired) electrons. The van der Waals surface area contributed by atoms with Crippen molar-refractivity contribution in [3.05, 3.63) is 12.2 Å². The SMILES string of the molecule is C=C(C)CCC(CCCC)NN. The topological polar surface area (TPSA) is 38.0 Å². The fraction of sp³-hybridized carbons (Fsp3) is 0.800. The van der Waals surface area contributed by atoms with E-state index < -0.39 is 0 Å². The molecule has 2 heteroatoms. The summed E-state index contributed by atoms with van der Waals surface area (Å²) in [6, 6.07) is 0.474. The monoisotopic (exact) mass is 170 g/mol. The molecule has 0 heterocycles. The van der Waals surface area contributed by atoms with Crippen molar-refractivity contribution in [2.45, 2.75) is 52.0 Å². The van der Waals surface area contributed by atoms with E-state index in [1.807, 2.05) is 0 Å². The Morgan fingerprint density at radius 1 is 1.50 bits per heavy atom. The second-order valence-electron chi connectivity index (χ2n) is 3.50. The first-order chi connectivity index (χ1) is 5.70. The summed E-state index contributed by atoms with van der Waals surface area (Å²) in [5.74, 6) is 5.42. The zero-order valence-electron chi connectivity index (χ0n) is 8.40. The van der Waals surface area contributed by atoms with Gasteiger partial charge in [0.25, 0.3) is 0 Å². The summed E-state index contributed by atoms with van der Waals surface area (Å²) in [5, 5.41) is 0. The quantitative estimate of drug-likeness (QED) is 0.350. The minimum Gasteiger partial charge on any atom is -0.271 e. The predicted octanol–water partition coefficient (Wildman–Crippen LogP) is 2.36. The number of unbranched alkanes of at least 4 members (excludes halogenated alkanes) is 1. The lowest BCUT2D eigenvalue weighted by Crippen LogP contribution is -2.34. The summed E-state index contributed by atoms with van der Waals surface area (Å²) in [4.78, 5) is 0. The van der Waals surface area contributed by atoms with E-state index in [0.717, 1.165) is 12.8 Å². The molecule has 12 heavy (non-hydrogen) atoms. The second-order valence-corrected chi connectivity index (χ2v) is 3.50. The third kappa shape index (κ3) is 6.38. The molecule has 0 bridgehead atoms. The van der Waals surface area contributed by atoms with Crippen molar-refractivity contribution >= 4 is 0 Å². The normalized spacial score (nSPS) is 12.9. The largest absolute Gasteiger partial charge is 0.271 e. The van der Waals surface area contributed by atoms with E-state index in [2.05, 4.69) is 25.9 Å². The van der Waals surface area contributed by atoms with Crippen LogP contribution in [0, 0.1) is 0 Å². The summed E-state index contributed by atoms with van der Waals surface area (Å²) < 4.78 is 0. The Bertz CT molecular complexity index is 121. The first kappa shape index (κ1) is 11.7. The molecule has 0 aliphatic heterocycles. The lowest BCUT2D eigenvalue weighted by molar-refractivity contribution is 0.449. The molecule has 1 unspecified atom stereocenters. The molecule has 0 aromatic heterocycles. The summed E-state index contributed by atoms with van der Waals surface area (Å²) in [5.41, 5.74) is 4.09. The molecule has 0 aliphatic carbocycles. The van der Waals surface area contributed by atoms with Gasteiger partial charge < -0.3 is 0 Å². The van der Waals surface area contributed by atoms with Crippen molar-refractivity contribution < 1.29 is 0 Å². The standard InChI is InChI=1S/C10H22N2/c1-4-5-6-10(12-11)8-7-9(2)3/h10,12H,2,4-8,11H2,1,3H3. The highest BCUT2D eigenvalue weighted by atomic mass is 15.2. The average molecular weight is 170 g/mol. The summed E-state index contributed by atoms with van der Waals surface area (Å²) in [6.07, 6.45) is 5.88. The molecule has 0 aromatic carbocycles. The van der Waals surface area contributed by atoms with E-state index in [1.54, 1.807) is 0 Å². The summed E-state index contributed by atoms with van der Waals surface area (Å²) in [7, 11) is 0. The van der Waals surface area contributed by atoms with Crippen LogP contribution in [-0.4, -0.2) is 6.04 Å². The zero-order chi connectivity index (χ0) is 9.40. The van der Waals surface area contributed by atoms with Gasteiger partial charge in [-0.3, -0.25) is 11.3 Å². The van der Waals surface area contributed by atoms with Crippen molar-refractivity contribution in [3.8, 4) is 0 Å². The van der Waals surface area contributed by atoms with E-state index in [9.17, 15) is 0 Å². The molecule has 72 valence electrons. The summed E-state index contributed by atoms with van der Waals surface area (Å²) >= 11 is 0. The highest BCUT2D eigenvalue weighted by Crippen LogP contribution is 2.09. The van der Waals surface area contributed by atoms with Gasteiger partial charge >= 0.3 is 0 Å². The Hall–Kier alpha value is -0.340. The number of hydrazine groups is 1.